The first-order chi connectivity index (χ1) is 14.6. The zero-order chi connectivity index (χ0) is 21.3. The number of methoxy groups -OCH3 is 1. The van der Waals surface area contributed by atoms with Gasteiger partial charge in [-0.25, -0.2) is 0 Å². The molecule has 3 rings (SSSR count). The second kappa shape index (κ2) is 11.1. The molecule has 0 saturated carbocycles. The molecule has 0 bridgehead atoms. The van der Waals surface area contributed by atoms with Crippen LogP contribution in [0.3, 0.4) is 0 Å². The van der Waals surface area contributed by atoms with Crippen LogP contribution >= 0.6 is 0 Å². The molecule has 164 valence electrons. The molecule has 7 heteroatoms. The largest absolute Gasteiger partial charge is 0.469 e. The molecule has 1 amide bonds. The summed E-state index contributed by atoms with van der Waals surface area (Å²) in [6.45, 7) is 10.0. The minimum absolute atomic E-state index is 0.0529. The Morgan fingerprint density at radius 3 is 2.53 bits per heavy atom. The zero-order valence-electron chi connectivity index (χ0n) is 17.9. The van der Waals surface area contributed by atoms with Crippen molar-refractivity contribution in [2.24, 2.45) is 0 Å². The van der Waals surface area contributed by atoms with Crippen molar-refractivity contribution in [1.82, 2.24) is 9.80 Å². The van der Waals surface area contributed by atoms with E-state index in [1.54, 1.807) is 11.0 Å². The molecule has 0 aromatic heterocycles. The lowest BCUT2D eigenvalue weighted by Crippen LogP contribution is -2.50. The van der Waals surface area contributed by atoms with Crippen LogP contribution < -0.4 is 4.90 Å². The molecule has 2 saturated heterocycles. The van der Waals surface area contributed by atoms with Crippen LogP contribution in [0.1, 0.15) is 30.9 Å². The summed E-state index contributed by atoms with van der Waals surface area (Å²) >= 11 is 0. The van der Waals surface area contributed by atoms with Crippen molar-refractivity contribution >= 4 is 17.6 Å². The quantitative estimate of drug-likeness (QED) is 0.350. The first-order valence-corrected chi connectivity index (χ1v) is 10.7. The molecule has 2 aliphatic heterocycles. The number of anilines is 1. The Kier molecular flexibility index (Phi) is 8.28. The van der Waals surface area contributed by atoms with Gasteiger partial charge in [-0.15, -0.1) is 6.58 Å². The van der Waals surface area contributed by atoms with Gasteiger partial charge in [-0.05, 0) is 30.5 Å². The third-order valence-corrected chi connectivity index (χ3v) is 5.80. The topological polar surface area (TPSA) is 62.3 Å². The number of benzene rings is 1. The highest BCUT2D eigenvalue weighted by Gasteiger charge is 2.25. The van der Waals surface area contributed by atoms with Crippen molar-refractivity contribution in [3.05, 3.63) is 42.5 Å². The molecule has 30 heavy (non-hydrogen) atoms. The van der Waals surface area contributed by atoms with E-state index in [4.69, 9.17) is 4.74 Å². The van der Waals surface area contributed by atoms with E-state index < -0.39 is 5.97 Å². The fourth-order valence-corrected chi connectivity index (χ4v) is 4.06. The van der Waals surface area contributed by atoms with Gasteiger partial charge in [-0.2, -0.15) is 0 Å². The number of ether oxygens (including phenoxy) is 2. The third kappa shape index (κ3) is 6.06. The fourth-order valence-electron chi connectivity index (χ4n) is 4.06. The molecule has 1 aromatic rings. The van der Waals surface area contributed by atoms with Crippen LogP contribution in [0.2, 0.25) is 0 Å². The average Bonchev–Trinajstić information content (AvgIpc) is 3.32. The van der Waals surface area contributed by atoms with E-state index in [-0.39, 0.29) is 18.4 Å². The van der Waals surface area contributed by atoms with Crippen molar-refractivity contribution in [1.29, 1.82) is 0 Å². The number of hydrogen-bond donors (Lipinski definition) is 0. The number of rotatable bonds is 9. The lowest BCUT2D eigenvalue weighted by molar-refractivity contribution is -0.147. The molecule has 1 aromatic carbocycles. The first-order valence-electron chi connectivity index (χ1n) is 10.7. The highest BCUT2D eigenvalue weighted by Crippen LogP contribution is 2.26. The van der Waals surface area contributed by atoms with Crippen molar-refractivity contribution in [2.45, 2.75) is 25.4 Å². The Morgan fingerprint density at radius 2 is 1.87 bits per heavy atom. The maximum absolute atomic E-state index is 12.2. The van der Waals surface area contributed by atoms with Gasteiger partial charge < -0.3 is 19.3 Å². The molecule has 2 heterocycles. The Balaban J connectivity index is 1.59. The predicted molar refractivity (Wildman–Crippen MR) is 116 cm³/mol. The molecule has 0 aliphatic carbocycles. The molecule has 0 N–H and O–H groups in total. The van der Waals surface area contributed by atoms with Gasteiger partial charge in [0.1, 0.15) is 6.42 Å². The summed E-state index contributed by atoms with van der Waals surface area (Å²) in [5.74, 6) is -0.655. The lowest BCUT2D eigenvalue weighted by Gasteiger charge is -2.36. The van der Waals surface area contributed by atoms with E-state index in [9.17, 15) is 9.59 Å². The smallest absolute Gasteiger partial charge is 0.315 e. The Hall–Kier alpha value is -2.38. The van der Waals surface area contributed by atoms with E-state index in [1.807, 2.05) is 0 Å². The number of carbonyl (C=O) groups is 2. The number of carbonyl (C=O) groups excluding carboxylic acids is 2. The fraction of sp³-hybridized carbons (Fsp3) is 0.565. The van der Waals surface area contributed by atoms with Crippen LogP contribution in [-0.4, -0.2) is 81.2 Å². The van der Waals surface area contributed by atoms with Crippen molar-refractivity contribution in [3.8, 4) is 0 Å². The highest BCUT2D eigenvalue weighted by atomic mass is 16.5. The number of nitrogens with zero attached hydrogens (tertiary/aromatic N) is 3. The Morgan fingerprint density at radius 1 is 1.13 bits per heavy atom. The van der Waals surface area contributed by atoms with Gasteiger partial charge in [0.25, 0.3) is 0 Å². The molecule has 0 radical (unpaired) electrons. The molecule has 1 unspecified atom stereocenters. The van der Waals surface area contributed by atoms with Gasteiger partial charge in [0.05, 0.1) is 19.8 Å². The van der Waals surface area contributed by atoms with Crippen LogP contribution in [0.15, 0.2) is 36.9 Å². The van der Waals surface area contributed by atoms with Crippen LogP contribution in [-0.2, 0) is 19.1 Å². The SMILES string of the molecule is C=CCOC(CN1CCN(C(=O)CC(=O)OC)CC1)c1cccc(N2CCCC2)c1. The predicted octanol–water partition coefficient (Wildman–Crippen LogP) is 2.24. The minimum Gasteiger partial charge on any atom is -0.469 e. The summed E-state index contributed by atoms with van der Waals surface area (Å²) in [5.41, 5.74) is 2.43. The summed E-state index contributed by atoms with van der Waals surface area (Å²) in [4.78, 5) is 30.0. The van der Waals surface area contributed by atoms with Crippen LogP contribution in [0.25, 0.3) is 0 Å². The highest BCUT2D eigenvalue weighted by molar-refractivity contribution is 5.94. The maximum atomic E-state index is 12.2. The second-order valence-electron chi connectivity index (χ2n) is 7.83. The maximum Gasteiger partial charge on any atom is 0.315 e. The van der Waals surface area contributed by atoms with Crippen LogP contribution in [0.5, 0.6) is 0 Å². The monoisotopic (exact) mass is 415 g/mol. The number of esters is 1. The van der Waals surface area contributed by atoms with Gasteiger partial charge in [-0.3, -0.25) is 14.5 Å². The van der Waals surface area contributed by atoms with Crippen molar-refractivity contribution < 1.29 is 19.1 Å². The molecule has 0 spiro atoms. The second-order valence-corrected chi connectivity index (χ2v) is 7.83. The van der Waals surface area contributed by atoms with Crippen molar-refractivity contribution in [2.75, 3.05) is 64.4 Å². The van der Waals surface area contributed by atoms with Gasteiger partial charge >= 0.3 is 5.97 Å². The van der Waals surface area contributed by atoms with E-state index in [1.165, 1.54) is 31.2 Å². The molecule has 2 fully saturated rings. The van der Waals surface area contributed by atoms with Gasteiger partial charge in [0.15, 0.2) is 0 Å². The van der Waals surface area contributed by atoms with E-state index in [0.717, 1.165) is 32.7 Å². The Bertz CT molecular complexity index is 725. The summed E-state index contributed by atoms with van der Waals surface area (Å²) < 4.78 is 10.7. The standard InChI is InChI=1S/C23H33N3O4/c1-3-15-30-21(19-7-6-8-20(16-19)25-9-4-5-10-25)18-24-11-13-26(14-12-24)22(27)17-23(28)29-2/h3,6-8,16,21H,1,4-5,9-15,17-18H2,2H3. The lowest BCUT2D eigenvalue weighted by atomic mass is 10.1. The van der Waals surface area contributed by atoms with Gasteiger partial charge in [0.2, 0.25) is 5.91 Å². The minimum atomic E-state index is -0.488. The normalized spacial score (nSPS) is 18.3. The Labute approximate surface area is 179 Å². The van der Waals surface area contributed by atoms with Gasteiger partial charge in [0, 0.05) is 51.5 Å². The number of piperazine rings is 1. The third-order valence-electron chi connectivity index (χ3n) is 5.80. The summed E-state index contributed by atoms with van der Waals surface area (Å²) in [6, 6.07) is 8.65. The summed E-state index contributed by atoms with van der Waals surface area (Å²) in [5, 5.41) is 0. The molecular formula is C23H33N3O4. The van der Waals surface area contributed by atoms with Gasteiger partial charge in [-0.1, -0.05) is 18.2 Å². The van der Waals surface area contributed by atoms with Crippen molar-refractivity contribution in [3.63, 3.8) is 0 Å². The molecule has 1 atom stereocenters. The molecular weight excluding hydrogens is 382 g/mol. The molecule has 7 nitrogen and oxygen atoms in total. The number of hydrogen-bond acceptors (Lipinski definition) is 6. The average molecular weight is 416 g/mol. The molecule has 2 aliphatic rings. The van der Waals surface area contributed by atoms with Crippen LogP contribution in [0, 0.1) is 0 Å². The van der Waals surface area contributed by atoms with E-state index in [2.05, 4.69) is 45.4 Å². The first kappa shape index (κ1) is 22.3. The van der Waals surface area contributed by atoms with E-state index in [0.29, 0.717) is 19.7 Å². The zero-order valence-corrected chi connectivity index (χ0v) is 17.9. The summed E-state index contributed by atoms with van der Waals surface area (Å²) in [7, 11) is 1.30. The summed E-state index contributed by atoms with van der Waals surface area (Å²) in [6.07, 6.45) is 4.04. The van der Waals surface area contributed by atoms with E-state index >= 15 is 0 Å². The number of amides is 1. The van der Waals surface area contributed by atoms with Crippen LogP contribution in [0.4, 0.5) is 5.69 Å².